The zero-order valence-electron chi connectivity index (χ0n) is 14.4. The largest absolute Gasteiger partial charge is 0.507 e. The van der Waals surface area contributed by atoms with Gasteiger partial charge in [0.2, 0.25) is 0 Å². The van der Waals surface area contributed by atoms with Crippen molar-refractivity contribution in [3.05, 3.63) is 71.8 Å². The predicted octanol–water partition coefficient (Wildman–Crippen LogP) is 4.05. The van der Waals surface area contributed by atoms with E-state index in [2.05, 4.69) is 39.7 Å². The minimum Gasteiger partial charge on any atom is -0.507 e. The first-order valence-corrected chi connectivity index (χ1v) is 8.44. The third kappa shape index (κ3) is 2.80. The molecule has 4 heteroatoms. The van der Waals surface area contributed by atoms with Gasteiger partial charge in [0, 0.05) is 37.2 Å². The van der Waals surface area contributed by atoms with Crippen LogP contribution in [0.25, 0.3) is 10.8 Å². The lowest BCUT2D eigenvalue weighted by Crippen LogP contribution is -2.11. The van der Waals surface area contributed by atoms with E-state index >= 15 is 0 Å². The van der Waals surface area contributed by atoms with Crippen molar-refractivity contribution in [1.82, 2.24) is 5.43 Å². The average Bonchev–Trinajstić information content (AvgIpc) is 3.12. The fourth-order valence-corrected chi connectivity index (χ4v) is 3.30. The summed E-state index contributed by atoms with van der Waals surface area (Å²) in [5, 5.41) is 17.0. The van der Waals surface area contributed by atoms with Gasteiger partial charge in [-0.15, -0.1) is 0 Å². The summed E-state index contributed by atoms with van der Waals surface area (Å²) in [6.45, 7) is 0. The topological polar surface area (TPSA) is 47.9 Å². The van der Waals surface area contributed by atoms with Gasteiger partial charge in [-0.1, -0.05) is 42.5 Å². The lowest BCUT2D eigenvalue weighted by molar-refractivity contribution is 0.480. The van der Waals surface area contributed by atoms with Crippen LogP contribution in [-0.2, 0) is 0 Å². The van der Waals surface area contributed by atoms with Gasteiger partial charge < -0.3 is 15.4 Å². The summed E-state index contributed by atoms with van der Waals surface area (Å²) in [7, 11) is 4.07. The van der Waals surface area contributed by atoms with E-state index in [1.165, 1.54) is 11.3 Å². The molecule has 0 aromatic heterocycles. The minimum atomic E-state index is 0.136. The number of phenolic OH excluding ortho intramolecular Hbond substituents is 1. The van der Waals surface area contributed by atoms with Crippen molar-refractivity contribution >= 4 is 22.2 Å². The summed E-state index contributed by atoms with van der Waals surface area (Å²) in [5.74, 6) is 0.308. The molecule has 0 aliphatic carbocycles. The summed E-state index contributed by atoms with van der Waals surface area (Å²) in [4.78, 5) is 2.08. The smallest absolute Gasteiger partial charge is 0.132 e. The van der Waals surface area contributed by atoms with E-state index in [9.17, 15) is 5.11 Å². The normalized spacial score (nSPS) is 16.6. The highest BCUT2D eigenvalue weighted by atomic mass is 16.3. The van der Waals surface area contributed by atoms with Crippen LogP contribution in [0.15, 0.2) is 65.8 Å². The van der Waals surface area contributed by atoms with Gasteiger partial charge in [-0.3, -0.25) is 0 Å². The highest BCUT2D eigenvalue weighted by Crippen LogP contribution is 2.33. The molecule has 0 radical (unpaired) electrons. The zero-order chi connectivity index (χ0) is 17.4. The number of fused-ring (bicyclic) bond motifs is 1. The Morgan fingerprint density at radius 2 is 1.76 bits per heavy atom. The molecule has 4 rings (SSSR count). The first kappa shape index (κ1) is 15.5. The summed E-state index contributed by atoms with van der Waals surface area (Å²) in [6.07, 6.45) is 0.757. The van der Waals surface area contributed by atoms with Crippen LogP contribution in [0.3, 0.4) is 0 Å². The maximum atomic E-state index is 10.7. The molecule has 2 N–H and O–H groups in total. The van der Waals surface area contributed by atoms with Crippen LogP contribution in [-0.4, -0.2) is 24.9 Å². The Labute approximate surface area is 147 Å². The molecule has 3 aromatic rings. The highest BCUT2D eigenvalue weighted by Gasteiger charge is 2.23. The summed E-state index contributed by atoms with van der Waals surface area (Å²) < 4.78 is 0. The number of nitrogens with zero attached hydrogens (tertiary/aromatic N) is 2. The van der Waals surface area contributed by atoms with Crippen molar-refractivity contribution < 1.29 is 5.11 Å². The van der Waals surface area contributed by atoms with Crippen LogP contribution in [0, 0.1) is 0 Å². The van der Waals surface area contributed by atoms with E-state index in [0.717, 1.165) is 28.5 Å². The second-order valence-electron chi connectivity index (χ2n) is 6.61. The number of benzene rings is 3. The SMILES string of the molecule is CN(C)c1ccc(C2CC(c3ccc4ccccc4c3O)=NN2)cc1. The fourth-order valence-electron chi connectivity index (χ4n) is 3.30. The van der Waals surface area contributed by atoms with Gasteiger partial charge >= 0.3 is 0 Å². The number of hydrogen-bond acceptors (Lipinski definition) is 4. The van der Waals surface area contributed by atoms with Crippen LogP contribution < -0.4 is 10.3 Å². The van der Waals surface area contributed by atoms with Gasteiger partial charge in [0.15, 0.2) is 0 Å². The maximum Gasteiger partial charge on any atom is 0.132 e. The van der Waals surface area contributed by atoms with Gasteiger partial charge in [-0.25, -0.2) is 0 Å². The maximum absolute atomic E-state index is 10.7. The Kier molecular flexibility index (Phi) is 3.80. The number of nitrogens with one attached hydrogen (secondary N) is 1. The van der Waals surface area contributed by atoms with Crippen LogP contribution in [0.5, 0.6) is 5.75 Å². The van der Waals surface area contributed by atoms with Crippen molar-refractivity contribution in [3.63, 3.8) is 0 Å². The molecule has 0 saturated heterocycles. The summed E-state index contributed by atoms with van der Waals surface area (Å²) in [6, 6.07) is 20.5. The number of hydrogen-bond donors (Lipinski definition) is 2. The van der Waals surface area contributed by atoms with Gasteiger partial charge in [-0.05, 0) is 29.1 Å². The number of aromatic hydroxyl groups is 1. The molecule has 1 atom stereocenters. The molecule has 3 aromatic carbocycles. The van der Waals surface area contributed by atoms with Gasteiger partial charge in [-0.2, -0.15) is 5.10 Å². The molecule has 1 heterocycles. The average molecular weight is 331 g/mol. The van der Waals surface area contributed by atoms with E-state index in [4.69, 9.17) is 0 Å². The second-order valence-corrected chi connectivity index (χ2v) is 6.61. The van der Waals surface area contributed by atoms with Crippen LogP contribution >= 0.6 is 0 Å². The zero-order valence-corrected chi connectivity index (χ0v) is 14.4. The number of rotatable bonds is 3. The van der Waals surface area contributed by atoms with Crippen LogP contribution in [0.2, 0.25) is 0 Å². The molecule has 0 amide bonds. The van der Waals surface area contributed by atoms with E-state index < -0.39 is 0 Å². The molecular weight excluding hydrogens is 310 g/mol. The highest BCUT2D eigenvalue weighted by molar-refractivity contribution is 6.08. The monoisotopic (exact) mass is 331 g/mol. The first-order valence-electron chi connectivity index (χ1n) is 8.44. The van der Waals surface area contributed by atoms with E-state index in [-0.39, 0.29) is 6.04 Å². The molecule has 126 valence electrons. The van der Waals surface area contributed by atoms with Gasteiger partial charge in [0.1, 0.15) is 5.75 Å². The molecule has 25 heavy (non-hydrogen) atoms. The number of anilines is 1. The molecule has 4 nitrogen and oxygen atoms in total. The van der Waals surface area contributed by atoms with Crippen molar-refractivity contribution in [2.75, 3.05) is 19.0 Å². The van der Waals surface area contributed by atoms with Crippen molar-refractivity contribution in [2.45, 2.75) is 12.5 Å². The fraction of sp³-hybridized carbons (Fsp3) is 0.190. The molecule has 0 bridgehead atoms. The number of hydrazone groups is 1. The summed E-state index contributed by atoms with van der Waals surface area (Å²) >= 11 is 0. The standard InChI is InChI=1S/C21H21N3O/c1-24(2)16-10-7-15(8-11-16)19-13-20(23-22-19)18-12-9-14-5-3-4-6-17(14)21(18)25/h3-12,19,22,25H,13H2,1-2H3. The molecule has 0 fully saturated rings. The van der Waals surface area contributed by atoms with E-state index in [1.807, 2.05) is 50.5 Å². The van der Waals surface area contributed by atoms with E-state index in [0.29, 0.717) is 5.75 Å². The molecule has 1 aliphatic rings. The van der Waals surface area contributed by atoms with Crippen LogP contribution in [0.1, 0.15) is 23.6 Å². The molecule has 1 unspecified atom stereocenters. The third-order valence-electron chi connectivity index (χ3n) is 4.78. The minimum absolute atomic E-state index is 0.136. The lowest BCUT2D eigenvalue weighted by Gasteiger charge is -2.15. The van der Waals surface area contributed by atoms with Crippen molar-refractivity contribution in [3.8, 4) is 5.75 Å². The second kappa shape index (κ2) is 6.13. The van der Waals surface area contributed by atoms with Crippen molar-refractivity contribution in [1.29, 1.82) is 0 Å². The quantitative estimate of drug-likeness (QED) is 0.761. The Morgan fingerprint density at radius 1 is 1.00 bits per heavy atom. The molecule has 0 saturated carbocycles. The predicted molar refractivity (Wildman–Crippen MR) is 103 cm³/mol. The third-order valence-corrected chi connectivity index (χ3v) is 4.78. The van der Waals surface area contributed by atoms with Gasteiger partial charge in [0.25, 0.3) is 0 Å². The Morgan fingerprint density at radius 3 is 2.52 bits per heavy atom. The molecule has 1 aliphatic heterocycles. The van der Waals surface area contributed by atoms with Gasteiger partial charge in [0.05, 0.1) is 11.8 Å². The number of phenols is 1. The lowest BCUT2D eigenvalue weighted by atomic mass is 9.96. The Bertz CT molecular complexity index is 945. The summed E-state index contributed by atoms with van der Waals surface area (Å²) in [5.41, 5.74) is 7.28. The van der Waals surface area contributed by atoms with Crippen molar-refractivity contribution in [2.24, 2.45) is 5.10 Å². The Balaban J connectivity index is 1.59. The Hall–Kier alpha value is -3.01. The van der Waals surface area contributed by atoms with E-state index in [1.54, 1.807) is 0 Å². The first-order chi connectivity index (χ1) is 12.1. The van der Waals surface area contributed by atoms with Crippen LogP contribution in [0.4, 0.5) is 5.69 Å². The molecular formula is C21H21N3O. The molecule has 0 spiro atoms.